The molecule has 1 atom stereocenters. The van der Waals surface area contributed by atoms with Crippen LogP contribution >= 0.6 is 0 Å². The van der Waals surface area contributed by atoms with E-state index in [1.54, 1.807) is 4.90 Å². The number of amides is 1. The molecule has 2 rings (SSSR count). The predicted octanol–water partition coefficient (Wildman–Crippen LogP) is 1.46. The van der Waals surface area contributed by atoms with Crippen molar-refractivity contribution in [1.29, 1.82) is 0 Å². The number of nitrogens with zero attached hydrogens (tertiary/aromatic N) is 3. The van der Waals surface area contributed by atoms with Crippen LogP contribution in [0, 0.1) is 0 Å². The Kier molecular flexibility index (Phi) is 6.85. The molecule has 1 amide bonds. The fourth-order valence-corrected chi connectivity index (χ4v) is 2.69. The van der Waals surface area contributed by atoms with Gasteiger partial charge in [0, 0.05) is 32.6 Å². The van der Waals surface area contributed by atoms with Gasteiger partial charge in [0.1, 0.15) is 5.60 Å². The van der Waals surface area contributed by atoms with Gasteiger partial charge in [0.15, 0.2) is 5.96 Å². The quantitative estimate of drug-likeness (QED) is 0.625. The molecule has 7 heteroatoms. The van der Waals surface area contributed by atoms with E-state index in [1.807, 2.05) is 56.0 Å². The molecule has 26 heavy (non-hydrogen) atoms. The van der Waals surface area contributed by atoms with Gasteiger partial charge in [-0.1, -0.05) is 30.3 Å². The third-order valence-electron chi connectivity index (χ3n) is 4.03. The maximum Gasteiger partial charge on any atom is 0.410 e. The molecule has 1 aliphatic heterocycles. The lowest BCUT2D eigenvalue weighted by Gasteiger charge is -2.36. The minimum atomic E-state index is -0.570. The molecule has 144 valence electrons. The number of nitrogens with two attached hydrogens (primary N) is 1. The van der Waals surface area contributed by atoms with Gasteiger partial charge in [-0.15, -0.1) is 0 Å². The van der Waals surface area contributed by atoms with Crippen molar-refractivity contribution in [3.05, 3.63) is 35.9 Å². The first kappa shape index (κ1) is 20.0. The smallest absolute Gasteiger partial charge is 0.410 e. The molecule has 3 N–H and O–H groups in total. The van der Waals surface area contributed by atoms with E-state index in [2.05, 4.69) is 4.99 Å². The Morgan fingerprint density at radius 3 is 2.35 bits per heavy atom. The van der Waals surface area contributed by atoms with Crippen LogP contribution in [0.15, 0.2) is 35.3 Å². The molecule has 0 saturated carbocycles. The lowest BCUT2D eigenvalue weighted by atomic mass is 10.1. The van der Waals surface area contributed by atoms with Crippen molar-refractivity contribution >= 4 is 12.1 Å². The number of aliphatic hydroxyl groups is 1. The highest BCUT2D eigenvalue weighted by Gasteiger charge is 2.26. The standard InChI is InChI=1S/C19H30N4O3/c1-19(2,3)26-18(25)23-11-9-22(10-12-23)17(20)21-14-16(24)13-15-7-5-4-6-8-15/h4-8,16,24H,9-14H2,1-3H3,(H2,20,21). The van der Waals surface area contributed by atoms with Crippen LogP contribution in [-0.4, -0.2) is 71.4 Å². The van der Waals surface area contributed by atoms with Crippen molar-refractivity contribution in [2.24, 2.45) is 10.7 Å². The van der Waals surface area contributed by atoms with E-state index in [9.17, 15) is 9.90 Å². The van der Waals surface area contributed by atoms with E-state index >= 15 is 0 Å². The maximum absolute atomic E-state index is 12.1. The lowest BCUT2D eigenvalue weighted by Crippen LogP contribution is -2.53. The fraction of sp³-hybridized carbons (Fsp3) is 0.579. The summed E-state index contributed by atoms with van der Waals surface area (Å²) < 4.78 is 5.38. The van der Waals surface area contributed by atoms with Crippen LogP contribution < -0.4 is 5.73 Å². The highest BCUT2D eigenvalue weighted by atomic mass is 16.6. The predicted molar refractivity (Wildman–Crippen MR) is 102 cm³/mol. The zero-order valence-corrected chi connectivity index (χ0v) is 15.9. The van der Waals surface area contributed by atoms with Crippen molar-refractivity contribution < 1.29 is 14.6 Å². The van der Waals surface area contributed by atoms with Gasteiger partial charge in [0.2, 0.25) is 0 Å². The molecule has 7 nitrogen and oxygen atoms in total. The Morgan fingerprint density at radius 2 is 1.77 bits per heavy atom. The van der Waals surface area contributed by atoms with E-state index in [0.717, 1.165) is 5.56 Å². The Balaban J connectivity index is 1.77. The van der Waals surface area contributed by atoms with Crippen LogP contribution in [0.2, 0.25) is 0 Å². The minimum Gasteiger partial charge on any atom is -0.444 e. The molecule has 0 aromatic heterocycles. The summed E-state index contributed by atoms with van der Waals surface area (Å²) in [6, 6.07) is 9.80. The molecule has 0 spiro atoms. The molecule has 1 fully saturated rings. The number of aliphatic imine (C=N–C) groups is 1. The zero-order chi connectivity index (χ0) is 19.2. The molecule has 0 aliphatic carbocycles. The zero-order valence-electron chi connectivity index (χ0n) is 15.9. The summed E-state index contributed by atoms with van der Waals surface area (Å²) in [5.74, 6) is 0.404. The van der Waals surface area contributed by atoms with Crippen molar-refractivity contribution in [2.75, 3.05) is 32.7 Å². The minimum absolute atomic E-state index is 0.257. The number of guanidine groups is 1. The average molecular weight is 362 g/mol. The average Bonchev–Trinajstić information content (AvgIpc) is 2.59. The van der Waals surface area contributed by atoms with Gasteiger partial charge in [0.05, 0.1) is 12.6 Å². The first-order valence-electron chi connectivity index (χ1n) is 8.99. The number of ether oxygens (including phenoxy) is 1. The van der Waals surface area contributed by atoms with Gasteiger partial charge in [-0.25, -0.2) is 4.79 Å². The van der Waals surface area contributed by atoms with E-state index < -0.39 is 11.7 Å². The van der Waals surface area contributed by atoms with Crippen LogP contribution in [0.1, 0.15) is 26.3 Å². The number of hydrogen-bond acceptors (Lipinski definition) is 4. The van der Waals surface area contributed by atoms with Crippen molar-refractivity contribution in [3.63, 3.8) is 0 Å². The van der Waals surface area contributed by atoms with Gasteiger partial charge in [-0.05, 0) is 26.3 Å². The lowest BCUT2D eigenvalue weighted by molar-refractivity contribution is 0.0186. The molecule has 1 aromatic carbocycles. The van der Waals surface area contributed by atoms with E-state index in [1.165, 1.54) is 0 Å². The summed E-state index contributed by atoms with van der Waals surface area (Å²) >= 11 is 0. The fourth-order valence-electron chi connectivity index (χ4n) is 2.69. The van der Waals surface area contributed by atoms with Gasteiger partial charge >= 0.3 is 6.09 Å². The van der Waals surface area contributed by atoms with E-state index in [0.29, 0.717) is 38.6 Å². The second-order valence-corrected chi connectivity index (χ2v) is 7.50. The highest BCUT2D eigenvalue weighted by molar-refractivity contribution is 5.78. The second kappa shape index (κ2) is 8.89. The molecular weight excluding hydrogens is 332 g/mol. The highest BCUT2D eigenvalue weighted by Crippen LogP contribution is 2.12. The number of piperazine rings is 1. The maximum atomic E-state index is 12.1. The molecule has 1 aliphatic rings. The number of benzene rings is 1. The molecule has 1 aromatic rings. The van der Waals surface area contributed by atoms with E-state index in [-0.39, 0.29) is 12.6 Å². The Morgan fingerprint density at radius 1 is 1.19 bits per heavy atom. The van der Waals surface area contributed by atoms with Crippen LogP contribution in [0.4, 0.5) is 4.79 Å². The summed E-state index contributed by atoms with van der Waals surface area (Å²) in [6.07, 6.45) is -0.325. The largest absolute Gasteiger partial charge is 0.444 e. The number of aliphatic hydroxyl groups excluding tert-OH is 1. The number of carbonyl (C=O) groups excluding carboxylic acids is 1. The first-order chi connectivity index (χ1) is 12.2. The van der Waals surface area contributed by atoms with Crippen molar-refractivity contribution in [3.8, 4) is 0 Å². The topological polar surface area (TPSA) is 91.4 Å². The summed E-state index contributed by atoms with van der Waals surface area (Å²) in [5.41, 5.74) is 6.62. The SMILES string of the molecule is CC(C)(C)OC(=O)N1CCN(C(N)=NCC(O)Cc2ccccc2)CC1. The number of carbonyl (C=O) groups is 1. The third kappa shape index (κ3) is 6.55. The van der Waals surface area contributed by atoms with Gasteiger partial charge in [-0.3, -0.25) is 4.99 Å². The molecule has 1 heterocycles. The summed E-state index contributed by atoms with van der Waals surface area (Å²) in [6.45, 7) is 8.10. The molecule has 0 bridgehead atoms. The molecular formula is C19H30N4O3. The Bertz CT molecular complexity index is 605. The van der Waals surface area contributed by atoms with E-state index in [4.69, 9.17) is 10.5 Å². The summed E-state index contributed by atoms with van der Waals surface area (Å²) in [7, 11) is 0. The first-order valence-corrected chi connectivity index (χ1v) is 8.99. The van der Waals surface area contributed by atoms with Crippen LogP contribution in [0.5, 0.6) is 0 Å². The monoisotopic (exact) mass is 362 g/mol. The second-order valence-electron chi connectivity index (χ2n) is 7.50. The summed E-state index contributed by atoms with van der Waals surface area (Å²) in [4.78, 5) is 20.0. The van der Waals surface area contributed by atoms with Gasteiger partial charge < -0.3 is 25.4 Å². The Labute approximate surface area is 155 Å². The molecule has 1 saturated heterocycles. The summed E-state index contributed by atoms with van der Waals surface area (Å²) in [5, 5.41) is 10.1. The van der Waals surface area contributed by atoms with Crippen molar-refractivity contribution in [2.45, 2.75) is 38.9 Å². The van der Waals surface area contributed by atoms with Gasteiger partial charge in [0.25, 0.3) is 0 Å². The van der Waals surface area contributed by atoms with Crippen LogP contribution in [-0.2, 0) is 11.2 Å². The Hall–Kier alpha value is -2.28. The normalized spacial score (nSPS) is 17.2. The number of hydrogen-bond donors (Lipinski definition) is 2. The van der Waals surface area contributed by atoms with Crippen LogP contribution in [0.3, 0.4) is 0 Å². The van der Waals surface area contributed by atoms with Crippen LogP contribution in [0.25, 0.3) is 0 Å². The molecule has 0 radical (unpaired) electrons. The van der Waals surface area contributed by atoms with Crippen molar-refractivity contribution in [1.82, 2.24) is 9.80 Å². The third-order valence-corrected chi connectivity index (χ3v) is 4.03. The van der Waals surface area contributed by atoms with Gasteiger partial charge in [-0.2, -0.15) is 0 Å². The number of rotatable bonds is 4. The molecule has 1 unspecified atom stereocenters.